The van der Waals surface area contributed by atoms with Gasteiger partial charge in [-0.1, -0.05) is 40.0 Å². The van der Waals surface area contributed by atoms with Crippen molar-refractivity contribution in [3.05, 3.63) is 0 Å². The second-order valence-electron chi connectivity index (χ2n) is 4.90. The molecule has 0 aliphatic carbocycles. The molecule has 0 aromatic heterocycles. The van der Waals surface area contributed by atoms with Gasteiger partial charge < -0.3 is 0 Å². The summed E-state index contributed by atoms with van der Waals surface area (Å²) in [7, 11) is 0. The molecule has 0 aromatic rings. The maximum atomic E-state index is 5.39. The first-order valence-corrected chi connectivity index (χ1v) is 6.36. The van der Waals surface area contributed by atoms with Gasteiger partial charge in [-0.3, -0.25) is 0 Å². The predicted octanol–water partition coefficient (Wildman–Crippen LogP) is 4.34. The van der Waals surface area contributed by atoms with Gasteiger partial charge in [0.05, 0.1) is 12.2 Å². The van der Waals surface area contributed by atoms with Crippen LogP contribution >= 0.6 is 0 Å². The average molecular weight is 216 g/mol. The first kappa shape index (κ1) is 14.9. The van der Waals surface area contributed by atoms with E-state index in [2.05, 4.69) is 34.6 Å². The average Bonchev–Trinajstić information content (AvgIpc) is 2.23. The molecule has 92 valence electrons. The first-order valence-electron chi connectivity index (χ1n) is 6.36. The molecule has 0 N–H and O–H groups in total. The summed E-state index contributed by atoms with van der Waals surface area (Å²) >= 11 is 0. The molecule has 15 heavy (non-hydrogen) atoms. The largest absolute Gasteiger partial charge is 0.236 e. The summed E-state index contributed by atoms with van der Waals surface area (Å²) in [5.74, 6) is 0.651. The highest BCUT2D eigenvalue weighted by Crippen LogP contribution is 2.17. The molecule has 0 spiro atoms. The van der Waals surface area contributed by atoms with Gasteiger partial charge in [-0.2, -0.15) is 0 Å². The van der Waals surface area contributed by atoms with E-state index in [0.717, 1.165) is 13.0 Å². The Morgan fingerprint density at radius 3 is 2.27 bits per heavy atom. The molecule has 0 rings (SSSR count). The normalized spacial score (nSPS) is 14.2. The van der Waals surface area contributed by atoms with Gasteiger partial charge in [-0.05, 0) is 32.6 Å². The Hall–Kier alpha value is -0.0800. The molecule has 0 radical (unpaired) electrons. The van der Waals surface area contributed by atoms with Crippen molar-refractivity contribution in [2.75, 3.05) is 6.61 Å². The van der Waals surface area contributed by atoms with Crippen molar-refractivity contribution in [1.82, 2.24) is 0 Å². The molecule has 0 amide bonds. The highest BCUT2D eigenvalue weighted by atomic mass is 17.2. The van der Waals surface area contributed by atoms with Crippen LogP contribution in [0.1, 0.15) is 66.7 Å². The maximum Gasteiger partial charge on any atom is 0.0977 e. The van der Waals surface area contributed by atoms with Gasteiger partial charge in [0, 0.05) is 0 Å². The van der Waals surface area contributed by atoms with Crippen LogP contribution in [0, 0.1) is 5.92 Å². The molecule has 0 fully saturated rings. The van der Waals surface area contributed by atoms with Gasteiger partial charge >= 0.3 is 0 Å². The number of rotatable bonds is 9. The second-order valence-corrected chi connectivity index (χ2v) is 4.90. The standard InChI is InChI=1S/C13H28O2/c1-6-9-10-12(7-2)11-14-15-13(4,5)8-3/h12H,6-11H2,1-5H3. The zero-order valence-electron chi connectivity index (χ0n) is 11.1. The summed E-state index contributed by atoms with van der Waals surface area (Å²) < 4.78 is 0. The lowest BCUT2D eigenvalue weighted by atomic mass is 10.0. The van der Waals surface area contributed by atoms with Gasteiger partial charge in [0.2, 0.25) is 0 Å². The molecular formula is C13H28O2. The van der Waals surface area contributed by atoms with Crippen LogP contribution in [0.5, 0.6) is 0 Å². The van der Waals surface area contributed by atoms with E-state index >= 15 is 0 Å². The predicted molar refractivity (Wildman–Crippen MR) is 64.7 cm³/mol. The van der Waals surface area contributed by atoms with Crippen LogP contribution in [0.2, 0.25) is 0 Å². The van der Waals surface area contributed by atoms with Crippen LogP contribution in [0.25, 0.3) is 0 Å². The molecule has 0 saturated heterocycles. The maximum absolute atomic E-state index is 5.39. The van der Waals surface area contributed by atoms with Crippen molar-refractivity contribution in [2.24, 2.45) is 5.92 Å². The van der Waals surface area contributed by atoms with Crippen molar-refractivity contribution >= 4 is 0 Å². The molecule has 2 nitrogen and oxygen atoms in total. The molecule has 0 aliphatic heterocycles. The van der Waals surface area contributed by atoms with E-state index in [9.17, 15) is 0 Å². The van der Waals surface area contributed by atoms with Crippen molar-refractivity contribution in [2.45, 2.75) is 72.3 Å². The topological polar surface area (TPSA) is 18.5 Å². The van der Waals surface area contributed by atoms with Crippen molar-refractivity contribution < 1.29 is 9.78 Å². The zero-order chi connectivity index (χ0) is 11.7. The minimum Gasteiger partial charge on any atom is -0.236 e. The van der Waals surface area contributed by atoms with Crippen LogP contribution in [-0.2, 0) is 9.78 Å². The number of unbranched alkanes of at least 4 members (excludes halogenated alkanes) is 1. The molecular weight excluding hydrogens is 188 g/mol. The monoisotopic (exact) mass is 216 g/mol. The van der Waals surface area contributed by atoms with E-state index in [-0.39, 0.29) is 5.60 Å². The van der Waals surface area contributed by atoms with E-state index in [1.54, 1.807) is 0 Å². The Kier molecular flexibility index (Phi) is 8.07. The molecule has 2 heteroatoms. The van der Waals surface area contributed by atoms with E-state index in [1.807, 2.05) is 0 Å². The molecule has 1 unspecified atom stereocenters. The Morgan fingerprint density at radius 1 is 1.13 bits per heavy atom. The summed E-state index contributed by atoms with van der Waals surface area (Å²) in [5, 5.41) is 0. The van der Waals surface area contributed by atoms with Crippen LogP contribution in [-0.4, -0.2) is 12.2 Å². The Balaban J connectivity index is 3.62. The summed E-state index contributed by atoms with van der Waals surface area (Å²) in [6.45, 7) is 11.4. The van der Waals surface area contributed by atoms with Crippen LogP contribution < -0.4 is 0 Å². The number of hydrogen-bond donors (Lipinski definition) is 0. The minimum atomic E-state index is -0.150. The third kappa shape index (κ3) is 7.80. The zero-order valence-corrected chi connectivity index (χ0v) is 11.1. The first-order chi connectivity index (χ1) is 7.05. The highest BCUT2D eigenvalue weighted by Gasteiger charge is 2.17. The fourth-order valence-electron chi connectivity index (χ4n) is 1.25. The SMILES string of the molecule is CCCCC(CC)COOC(C)(C)CC. The van der Waals surface area contributed by atoms with Crippen LogP contribution in [0.3, 0.4) is 0 Å². The fourth-order valence-corrected chi connectivity index (χ4v) is 1.25. The summed E-state index contributed by atoms with van der Waals surface area (Å²) in [4.78, 5) is 10.7. The second kappa shape index (κ2) is 8.12. The molecule has 0 heterocycles. The van der Waals surface area contributed by atoms with Gasteiger partial charge in [0.1, 0.15) is 0 Å². The lowest BCUT2D eigenvalue weighted by molar-refractivity contribution is -0.358. The molecule has 0 aromatic carbocycles. The summed E-state index contributed by atoms with van der Waals surface area (Å²) in [6, 6.07) is 0. The highest BCUT2D eigenvalue weighted by molar-refractivity contribution is 4.62. The molecule has 0 bridgehead atoms. The molecule has 1 atom stereocenters. The molecule has 0 saturated carbocycles. The number of hydrogen-bond acceptors (Lipinski definition) is 2. The van der Waals surface area contributed by atoms with Crippen LogP contribution in [0.15, 0.2) is 0 Å². The third-order valence-corrected chi connectivity index (χ3v) is 2.98. The Bertz CT molecular complexity index is 143. The van der Waals surface area contributed by atoms with Gasteiger partial charge in [0.15, 0.2) is 0 Å². The minimum absolute atomic E-state index is 0.150. The molecule has 0 aliphatic rings. The van der Waals surface area contributed by atoms with E-state index in [0.29, 0.717) is 5.92 Å². The van der Waals surface area contributed by atoms with Gasteiger partial charge in [0.25, 0.3) is 0 Å². The van der Waals surface area contributed by atoms with E-state index < -0.39 is 0 Å². The fraction of sp³-hybridized carbons (Fsp3) is 1.00. The third-order valence-electron chi connectivity index (χ3n) is 2.98. The van der Waals surface area contributed by atoms with Gasteiger partial charge in [-0.25, -0.2) is 9.78 Å². The van der Waals surface area contributed by atoms with Crippen molar-refractivity contribution in [1.29, 1.82) is 0 Å². The lowest BCUT2D eigenvalue weighted by Crippen LogP contribution is -2.24. The Labute approximate surface area is 95.3 Å². The van der Waals surface area contributed by atoms with Crippen molar-refractivity contribution in [3.63, 3.8) is 0 Å². The van der Waals surface area contributed by atoms with Crippen LogP contribution in [0.4, 0.5) is 0 Å². The smallest absolute Gasteiger partial charge is 0.0977 e. The summed E-state index contributed by atoms with van der Waals surface area (Å²) in [6.07, 6.45) is 5.95. The quantitative estimate of drug-likeness (QED) is 0.421. The Morgan fingerprint density at radius 2 is 1.80 bits per heavy atom. The van der Waals surface area contributed by atoms with E-state index in [1.165, 1.54) is 25.7 Å². The van der Waals surface area contributed by atoms with Gasteiger partial charge in [-0.15, -0.1) is 0 Å². The van der Waals surface area contributed by atoms with Crippen molar-refractivity contribution in [3.8, 4) is 0 Å². The summed E-state index contributed by atoms with van der Waals surface area (Å²) in [5.41, 5.74) is -0.150. The lowest BCUT2D eigenvalue weighted by Gasteiger charge is -2.23. The van der Waals surface area contributed by atoms with E-state index in [4.69, 9.17) is 9.78 Å².